The molecule has 2 atom stereocenters. The van der Waals surface area contributed by atoms with Crippen molar-refractivity contribution in [2.45, 2.75) is 31.7 Å². The van der Waals surface area contributed by atoms with Gasteiger partial charge in [-0.2, -0.15) is 0 Å². The minimum atomic E-state index is -0.994. The van der Waals surface area contributed by atoms with Gasteiger partial charge in [0.15, 0.2) is 0 Å². The predicted octanol–water partition coefficient (Wildman–Crippen LogP) is 4.32. The Kier molecular flexibility index (Phi) is 5.76. The minimum Gasteiger partial charge on any atom is -0.478 e. The Balaban J connectivity index is 1.67. The van der Waals surface area contributed by atoms with E-state index in [1.807, 2.05) is 19.1 Å². The molecule has 158 valence electrons. The van der Waals surface area contributed by atoms with Crippen molar-refractivity contribution < 1.29 is 14.7 Å². The van der Waals surface area contributed by atoms with Crippen molar-refractivity contribution >= 4 is 17.6 Å². The number of rotatable bonds is 6. The largest absolute Gasteiger partial charge is 0.478 e. The molecule has 0 radical (unpaired) electrons. The molecule has 1 aliphatic rings. The molecule has 3 N–H and O–H groups in total. The van der Waals surface area contributed by atoms with Crippen LogP contribution >= 0.6 is 0 Å². The summed E-state index contributed by atoms with van der Waals surface area (Å²) in [5.74, 6) is -2.14. The lowest BCUT2D eigenvalue weighted by molar-refractivity contribution is -0.119. The van der Waals surface area contributed by atoms with Crippen LogP contribution in [0, 0.1) is 0 Å². The zero-order valence-corrected chi connectivity index (χ0v) is 17.5. The number of carbonyl (C=O) groups excluding carboxylic acids is 1. The number of anilines is 1. The van der Waals surface area contributed by atoms with Gasteiger partial charge in [0, 0.05) is 18.8 Å². The zero-order chi connectivity index (χ0) is 22.0. The molecular weight excluding hydrogens is 388 g/mol. The monoisotopic (exact) mass is 414 g/mol. The number of carboxylic acids is 1. The van der Waals surface area contributed by atoms with Crippen molar-refractivity contribution in [1.29, 1.82) is 0 Å². The Morgan fingerprint density at radius 3 is 2.26 bits per heavy atom. The number of amides is 1. The van der Waals surface area contributed by atoms with Gasteiger partial charge in [0.25, 0.3) is 0 Å². The molecule has 0 aliphatic carbocycles. The maximum Gasteiger partial charge on any atom is 0.335 e. The Labute approximate surface area is 182 Å². The maximum absolute atomic E-state index is 12.5. The summed E-state index contributed by atoms with van der Waals surface area (Å²) < 4.78 is 0. The van der Waals surface area contributed by atoms with Crippen LogP contribution in [0.2, 0.25) is 0 Å². The highest BCUT2D eigenvalue weighted by molar-refractivity contribution is 5.88. The van der Waals surface area contributed by atoms with Gasteiger partial charge in [-0.25, -0.2) is 4.79 Å². The van der Waals surface area contributed by atoms with E-state index in [-0.39, 0.29) is 11.5 Å². The first-order valence-electron chi connectivity index (χ1n) is 10.5. The maximum atomic E-state index is 12.5. The smallest absolute Gasteiger partial charge is 0.335 e. The van der Waals surface area contributed by atoms with Gasteiger partial charge in [0.2, 0.25) is 5.91 Å². The number of benzene rings is 3. The van der Waals surface area contributed by atoms with E-state index in [2.05, 4.69) is 41.3 Å². The molecule has 4 rings (SSSR count). The normalized spacial score (nSPS) is 15.1. The number of para-hydroxylation sites is 1. The van der Waals surface area contributed by atoms with E-state index >= 15 is 0 Å². The first-order chi connectivity index (χ1) is 15.0. The number of hydrogen-bond acceptors (Lipinski definition) is 3. The van der Waals surface area contributed by atoms with Crippen molar-refractivity contribution in [1.82, 2.24) is 0 Å². The number of primary amides is 1. The second kappa shape index (κ2) is 8.64. The molecular formula is C26H26N2O3. The van der Waals surface area contributed by atoms with Gasteiger partial charge < -0.3 is 15.7 Å². The molecule has 2 unspecified atom stereocenters. The molecule has 1 heterocycles. The molecule has 1 amide bonds. The van der Waals surface area contributed by atoms with Gasteiger partial charge in [0.05, 0.1) is 11.5 Å². The quantitative estimate of drug-likeness (QED) is 0.629. The fourth-order valence-electron chi connectivity index (χ4n) is 4.57. The molecule has 0 saturated carbocycles. The number of fused-ring (bicyclic) bond motifs is 1. The molecule has 5 nitrogen and oxygen atoms in total. The number of carbonyl (C=O) groups is 2. The Hall–Kier alpha value is -3.60. The molecule has 3 aromatic carbocycles. The van der Waals surface area contributed by atoms with E-state index < -0.39 is 17.8 Å². The van der Waals surface area contributed by atoms with Gasteiger partial charge in [-0.15, -0.1) is 0 Å². The van der Waals surface area contributed by atoms with Gasteiger partial charge >= 0.3 is 5.97 Å². The van der Waals surface area contributed by atoms with Crippen molar-refractivity contribution in [3.63, 3.8) is 0 Å². The molecule has 1 aliphatic heterocycles. The van der Waals surface area contributed by atoms with Gasteiger partial charge in [-0.05, 0) is 52.8 Å². The average Bonchev–Trinajstić information content (AvgIpc) is 2.79. The fourth-order valence-corrected chi connectivity index (χ4v) is 4.57. The van der Waals surface area contributed by atoms with Crippen LogP contribution in [0.15, 0.2) is 72.8 Å². The van der Waals surface area contributed by atoms with Gasteiger partial charge in [0.1, 0.15) is 0 Å². The molecule has 0 spiro atoms. The predicted molar refractivity (Wildman–Crippen MR) is 121 cm³/mol. The summed E-state index contributed by atoms with van der Waals surface area (Å²) in [6.45, 7) is 3.75. The van der Waals surface area contributed by atoms with Crippen LogP contribution in [-0.2, 0) is 17.8 Å². The highest BCUT2D eigenvalue weighted by atomic mass is 16.4. The molecule has 31 heavy (non-hydrogen) atoms. The van der Waals surface area contributed by atoms with Crippen LogP contribution in [-0.4, -0.2) is 23.5 Å². The topological polar surface area (TPSA) is 83.6 Å². The summed E-state index contributed by atoms with van der Waals surface area (Å²) in [4.78, 5) is 26.0. The van der Waals surface area contributed by atoms with Crippen molar-refractivity contribution in [2.75, 3.05) is 11.4 Å². The summed E-state index contributed by atoms with van der Waals surface area (Å²) >= 11 is 0. The van der Waals surface area contributed by atoms with E-state index in [9.17, 15) is 9.59 Å². The standard InChI is InChI=1S/C26H26N2O3/c1-17(24(25(27)29)19-10-12-20(13-11-19)26(30)31)22-8-4-5-9-23(22)28-15-14-18-6-2-3-7-21(18)16-28/h2-13,17,24H,14-16H2,1H3,(H2,27,29)(H,30,31). The SMILES string of the molecule is CC(c1ccccc1N1CCc2ccccc2C1)C(C(N)=O)c1ccc(C(=O)O)cc1. The molecule has 0 fully saturated rings. The summed E-state index contributed by atoms with van der Waals surface area (Å²) in [7, 11) is 0. The van der Waals surface area contributed by atoms with Crippen LogP contribution in [0.5, 0.6) is 0 Å². The number of nitrogens with zero attached hydrogens (tertiary/aromatic N) is 1. The average molecular weight is 415 g/mol. The van der Waals surface area contributed by atoms with Crippen molar-refractivity contribution in [3.05, 3.63) is 101 Å². The second-order valence-electron chi connectivity index (χ2n) is 8.09. The molecule has 0 aromatic heterocycles. The van der Waals surface area contributed by atoms with E-state index in [1.54, 1.807) is 12.1 Å². The Morgan fingerprint density at radius 1 is 0.935 bits per heavy atom. The number of aromatic carboxylic acids is 1. The van der Waals surface area contributed by atoms with E-state index in [0.29, 0.717) is 0 Å². The van der Waals surface area contributed by atoms with Gasteiger partial charge in [-0.1, -0.05) is 61.5 Å². The van der Waals surface area contributed by atoms with Crippen LogP contribution in [0.1, 0.15) is 51.4 Å². The van der Waals surface area contributed by atoms with E-state index in [4.69, 9.17) is 10.8 Å². The summed E-state index contributed by atoms with van der Waals surface area (Å²) in [6.07, 6.45) is 0.981. The summed E-state index contributed by atoms with van der Waals surface area (Å²) in [5.41, 5.74) is 11.6. The highest BCUT2D eigenvalue weighted by Crippen LogP contribution is 2.39. The molecule has 0 saturated heterocycles. The van der Waals surface area contributed by atoms with Gasteiger partial charge in [-0.3, -0.25) is 4.79 Å². The lowest BCUT2D eigenvalue weighted by Crippen LogP contribution is -2.32. The third-order valence-corrected chi connectivity index (χ3v) is 6.22. The second-order valence-corrected chi connectivity index (χ2v) is 8.09. The summed E-state index contributed by atoms with van der Waals surface area (Å²) in [6, 6.07) is 23.1. The minimum absolute atomic E-state index is 0.165. The lowest BCUT2D eigenvalue weighted by Gasteiger charge is -2.34. The Bertz CT molecular complexity index is 1110. The van der Waals surface area contributed by atoms with Crippen molar-refractivity contribution in [3.8, 4) is 0 Å². The third-order valence-electron chi connectivity index (χ3n) is 6.22. The third kappa shape index (κ3) is 4.17. The number of hydrogen-bond donors (Lipinski definition) is 2. The van der Waals surface area contributed by atoms with Crippen LogP contribution in [0.25, 0.3) is 0 Å². The highest BCUT2D eigenvalue weighted by Gasteiger charge is 2.29. The van der Waals surface area contributed by atoms with Crippen molar-refractivity contribution in [2.24, 2.45) is 5.73 Å². The van der Waals surface area contributed by atoms with Crippen LogP contribution in [0.4, 0.5) is 5.69 Å². The lowest BCUT2D eigenvalue weighted by atomic mass is 9.81. The molecule has 5 heteroatoms. The fraction of sp³-hybridized carbons (Fsp3) is 0.231. The zero-order valence-electron chi connectivity index (χ0n) is 17.5. The first-order valence-corrected chi connectivity index (χ1v) is 10.5. The first kappa shape index (κ1) is 20.7. The van der Waals surface area contributed by atoms with E-state index in [0.717, 1.165) is 36.3 Å². The van der Waals surface area contributed by atoms with E-state index in [1.165, 1.54) is 23.3 Å². The van der Waals surface area contributed by atoms with Crippen LogP contribution in [0.3, 0.4) is 0 Å². The van der Waals surface area contributed by atoms with Crippen LogP contribution < -0.4 is 10.6 Å². The summed E-state index contributed by atoms with van der Waals surface area (Å²) in [5, 5.41) is 9.16. The number of carboxylic acid groups (broad SMARTS) is 1. The molecule has 0 bridgehead atoms. The number of nitrogens with two attached hydrogens (primary N) is 1. The Morgan fingerprint density at radius 2 is 1.58 bits per heavy atom. The molecule has 3 aromatic rings.